The normalized spacial score (nSPS) is 11.4. The molecule has 68 heteroatoms. The molecule has 0 aliphatic carbocycles. The third-order valence-corrected chi connectivity index (χ3v) is 26.3. The van der Waals surface area contributed by atoms with Gasteiger partial charge in [0.05, 0.1) is 104 Å². The fourth-order valence-electron chi connectivity index (χ4n) is 10.1. The van der Waals surface area contributed by atoms with Crippen molar-refractivity contribution < 1.29 is 159 Å². The minimum absolute atomic E-state index is 0.0163. The van der Waals surface area contributed by atoms with E-state index in [2.05, 4.69) is 95.9 Å². The van der Waals surface area contributed by atoms with Crippen molar-refractivity contribution in [3.63, 3.8) is 0 Å². The number of methoxy groups -OCH3 is 8. The summed E-state index contributed by atoms with van der Waals surface area (Å²) in [6.45, 7) is 4.34. The zero-order valence-corrected chi connectivity index (χ0v) is 78.7. The predicted octanol–water partition coefficient (Wildman–Crippen LogP) is 2.72. The van der Waals surface area contributed by atoms with Crippen molar-refractivity contribution in [2.45, 2.75) is 68.8 Å². The topological polar surface area (TPSA) is 792 Å². The Hall–Kier alpha value is -16.3. The number of imidazole rings is 1. The van der Waals surface area contributed by atoms with E-state index in [0.717, 1.165) is 51.9 Å². The van der Waals surface area contributed by atoms with Crippen LogP contribution in [0.15, 0.2) is 157 Å². The molecule has 11 aromatic rings. The van der Waals surface area contributed by atoms with Gasteiger partial charge in [-0.1, -0.05) is 32.0 Å². The maximum atomic E-state index is 13.0. The van der Waals surface area contributed by atoms with E-state index in [9.17, 15) is 106 Å². The minimum atomic E-state index is -4.70. The number of fused-ring (bicyclic) bond motifs is 1. The first-order valence-corrected chi connectivity index (χ1v) is 47.9. The molecule has 0 aliphatic rings. The monoisotopic (exact) mass is 2070 g/mol. The Bertz CT molecular complexity index is 7150. The summed E-state index contributed by atoms with van der Waals surface area (Å²) in [6, 6.07) is 14.9. The second kappa shape index (κ2) is 46.6. The molecule has 138 heavy (non-hydrogen) atoms. The number of aromatic nitrogens is 16. The molecule has 0 radical (unpaired) electrons. The lowest BCUT2D eigenvalue weighted by Crippen LogP contribution is -2.36. The molecule has 0 fully saturated rings. The number of sulfonamides is 5. The summed E-state index contributed by atoms with van der Waals surface area (Å²) in [7, 11) is -19.0. The fraction of sp³-hybridized carbons (Fsp3) is 0.243. The van der Waals surface area contributed by atoms with Crippen molar-refractivity contribution in [2.24, 2.45) is 7.05 Å². The van der Waals surface area contributed by atoms with Gasteiger partial charge in [-0.15, -0.1) is 0 Å². The number of benzene rings is 1. The molecule has 1 aromatic carbocycles. The van der Waals surface area contributed by atoms with Crippen molar-refractivity contribution in [3.05, 3.63) is 144 Å². The zero-order valence-electron chi connectivity index (χ0n) is 73.0. The Morgan fingerprint density at radius 1 is 0.384 bits per heavy atom. The molecule has 10 aromatic heterocycles. The number of aryl methyl sites for hydroxylation is 3. The second-order valence-corrected chi connectivity index (χ2v) is 37.9. The number of anilines is 5. The number of sulfone groups is 2. The SMILES string of the molecule is CCS(=O)(=O)c1cccnc1S(=O)(=O)NC(=O)Nc1nc(OC)cc(OC)n1.CCS(=O)(=O)c1nc2ccccn2c1S(=O)(=O)NC(=O)Nc1nc(OC)cc(OC)n1.COc1cc(OC)nc(NC(=O)NS(=O)(=O)c2c(C(=O)O)cnn2C)n1.COc1cc(OC)nc(NC(=O)NS(=O)(=O)c2ncccc2OCC(F)(F)F)n1.Cc1cc(C)nc(NC(=O)NS(=O)(=O)c2ccccc2C(=O)O)n1. The third kappa shape index (κ3) is 30.4. The number of aromatic carboxylic acids is 2. The first-order valence-electron chi connectivity index (χ1n) is 37.1. The van der Waals surface area contributed by atoms with Gasteiger partial charge in [0.25, 0.3) is 50.1 Å². The highest BCUT2D eigenvalue weighted by Gasteiger charge is 2.37. The molecule has 0 atom stereocenters. The van der Waals surface area contributed by atoms with Crippen LogP contribution in [0.25, 0.3) is 5.65 Å². The number of pyridine rings is 3. The Balaban J connectivity index is 0.000000235. The number of carbonyl (C=O) groups excluding carboxylic acids is 5. The molecule has 10 amide bonds. The quantitative estimate of drug-likeness (QED) is 0.0297. The lowest BCUT2D eigenvalue weighted by Gasteiger charge is -2.13. The molecule has 0 bridgehead atoms. The van der Waals surface area contributed by atoms with E-state index in [1.165, 1.54) is 145 Å². The maximum Gasteiger partial charge on any atom is 0.422 e. The molecule has 12 N–H and O–H groups in total. The van der Waals surface area contributed by atoms with Gasteiger partial charge in [0, 0.05) is 37.0 Å². The van der Waals surface area contributed by atoms with Crippen LogP contribution in [0.2, 0.25) is 0 Å². The van der Waals surface area contributed by atoms with Gasteiger partial charge in [0.2, 0.25) is 81.8 Å². The van der Waals surface area contributed by atoms with Crippen molar-refractivity contribution in [1.82, 2.24) is 103 Å². The highest BCUT2D eigenvalue weighted by Crippen LogP contribution is 2.29. The number of halogens is 3. The van der Waals surface area contributed by atoms with Gasteiger partial charge in [-0.2, -0.15) is 91.8 Å². The van der Waals surface area contributed by atoms with E-state index in [1.807, 2.05) is 5.32 Å². The number of carboxylic acids is 2. The van der Waals surface area contributed by atoms with Crippen LogP contribution in [0, 0.1) is 13.8 Å². The summed E-state index contributed by atoms with van der Waals surface area (Å²) < 4.78 is 265. The summed E-state index contributed by atoms with van der Waals surface area (Å²) in [5, 5.41) is 28.5. The average Bonchev–Trinajstić information content (AvgIpc) is 1.59. The Morgan fingerprint density at radius 2 is 0.725 bits per heavy atom. The fourth-order valence-corrected chi connectivity index (χ4v) is 18.6. The van der Waals surface area contributed by atoms with Crippen molar-refractivity contribution in [2.75, 3.05) is 102 Å². The number of hydrogen-bond donors (Lipinski definition) is 12. The Morgan fingerprint density at radius 3 is 1.11 bits per heavy atom. The van der Waals surface area contributed by atoms with Crippen molar-refractivity contribution in [3.8, 4) is 52.8 Å². The molecule has 11 rings (SSSR count). The van der Waals surface area contributed by atoms with Crippen LogP contribution in [0.1, 0.15) is 46.0 Å². The molecular weight excluding hydrogens is 2000 g/mol. The summed E-state index contributed by atoms with van der Waals surface area (Å²) >= 11 is 0. The molecular formula is C70H77F3N26O32S7. The van der Waals surface area contributed by atoms with Gasteiger partial charge in [-0.25, -0.2) is 107 Å². The van der Waals surface area contributed by atoms with E-state index in [-0.39, 0.29) is 93.9 Å². The van der Waals surface area contributed by atoms with Gasteiger partial charge in [-0.05, 0) is 68.4 Å². The average molecular weight is 2080 g/mol. The van der Waals surface area contributed by atoms with Crippen LogP contribution in [-0.2, 0) is 76.8 Å². The molecule has 742 valence electrons. The van der Waals surface area contributed by atoms with Gasteiger partial charge >= 0.3 is 48.3 Å². The molecule has 0 spiro atoms. The largest absolute Gasteiger partial charge is 0.481 e. The number of carboxylic acid groups (broad SMARTS) is 2. The Kier molecular flexibility index (Phi) is 36.7. The number of hydrogen-bond acceptors (Lipinski definition) is 44. The van der Waals surface area contributed by atoms with E-state index in [4.69, 9.17) is 48.1 Å². The standard InChI is InChI=1S/C16H18N6O7S2.C14H14F3N5O6S.C14H17N5O7S2.C14H14N4O5S.C12H14N6O7S/c1-4-30(24,25)13-14(22-8-6-5-7-10(22)17-13)31(26,27)21-16(23)20-15-18-11(28-2)9-12(19-15)29-3;1-26-9-6-10(27-2)20-12(19-9)21-13(23)22-29(24,25)11-8(4-3-5-18-11)28-7-14(15,16)17;1-4-27(21,22)9-6-5-7-15-12(9)28(23,24)19-14(20)18-13-16-10(25-2)8-11(17-13)26-3;1-8-7-9(2)16-13(15-8)17-14(21)18-24(22,23)11-6-4-3-5-10(11)12(19)20;1-18-9(6(5-13-18)10(19)20)26(22,23)17-12(21)16-11-14-7(24-2)4-8(15-11)25-3/h5-9H,4H2,1-3H3,(H2,18,19,20,21,23);3-6H,7H2,1-2H3,(H2,19,20,21,22,23);5-8H,4H2,1-3H3,(H2,16,17,18,19,20);3-7H,1-2H3,(H,19,20)(H2,15,16,17,18,21);4-5H,1-3H3,(H,19,20)(H2,14,15,16,17,21). The third-order valence-electron chi connectivity index (χ3n) is 15.9. The van der Waals surface area contributed by atoms with Crippen LogP contribution in [-0.4, -0.2) is 271 Å². The number of alkyl halides is 3. The maximum absolute atomic E-state index is 13.0. The van der Waals surface area contributed by atoms with E-state index in [1.54, 1.807) is 49.6 Å². The first-order chi connectivity index (χ1) is 64.6. The van der Waals surface area contributed by atoms with Crippen LogP contribution in [0.4, 0.5) is 66.9 Å². The number of ether oxygens (including phenoxy) is 9. The van der Waals surface area contributed by atoms with Gasteiger partial charge in [0.1, 0.15) is 21.0 Å². The lowest BCUT2D eigenvalue weighted by atomic mass is 10.2. The first kappa shape index (κ1) is 109. The number of rotatable bonds is 31. The van der Waals surface area contributed by atoms with Crippen LogP contribution in [0.5, 0.6) is 52.8 Å². The summed E-state index contributed by atoms with van der Waals surface area (Å²) in [4.78, 5) is 131. The smallest absolute Gasteiger partial charge is 0.422 e. The van der Waals surface area contributed by atoms with E-state index in [0.29, 0.717) is 11.4 Å². The molecule has 0 aliphatic heterocycles. The Labute approximate surface area is 778 Å². The van der Waals surface area contributed by atoms with E-state index < -0.39 is 176 Å². The van der Waals surface area contributed by atoms with Crippen molar-refractivity contribution in [1.29, 1.82) is 0 Å². The number of nitrogens with one attached hydrogen (secondary N) is 10. The molecule has 0 saturated heterocycles. The number of urea groups is 5. The molecule has 58 nitrogen and oxygen atoms in total. The molecule has 0 saturated carbocycles. The van der Waals surface area contributed by atoms with Crippen LogP contribution < -0.4 is 92.8 Å². The van der Waals surface area contributed by atoms with Gasteiger partial charge in [-0.3, -0.25) is 35.7 Å². The number of nitrogens with zero attached hydrogens (tertiary/aromatic N) is 16. The molecule has 0 unspecified atom stereocenters. The van der Waals surface area contributed by atoms with Gasteiger partial charge < -0.3 is 52.8 Å². The summed E-state index contributed by atoms with van der Waals surface area (Å²) in [5.74, 6) is -5.27. The van der Waals surface area contributed by atoms with Gasteiger partial charge in [0.15, 0.2) is 52.1 Å². The molecule has 10 heterocycles. The van der Waals surface area contributed by atoms with Crippen LogP contribution in [0.3, 0.4) is 0 Å². The van der Waals surface area contributed by atoms with Crippen molar-refractivity contribution >= 4 is 147 Å². The minimum Gasteiger partial charge on any atom is -0.481 e. The van der Waals surface area contributed by atoms with Crippen LogP contribution >= 0.6 is 0 Å². The number of carbonyl (C=O) groups is 7. The lowest BCUT2D eigenvalue weighted by molar-refractivity contribution is -0.154. The van der Waals surface area contributed by atoms with E-state index >= 15 is 0 Å². The number of amides is 10. The zero-order chi connectivity index (χ0) is 103. The highest BCUT2D eigenvalue weighted by molar-refractivity contribution is 7.94. The summed E-state index contributed by atoms with van der Waals surface area (Å²) in [5.41, 5.74) is 0.234. The second-order valence-electron chi connectivity index (χ2n) is 25.4. The highest BCUT2D eigenvalue weighted by atomic mass is 32.2. The summed E-state index contributed by atoms with van der Waals surface area (Å²) in [6.07, 6.45) is -0.436. The predicted molar refractivity (Wildman–Crippen MR) is 463 cm³/mol.